The molecule has 1 heterocycles. The molecule has 0 aliphatic carbocycles. The van der Waals surface area contributed by atoms with Crippen molar-refractivity contribution >= 4 is 17.3 Å². The lowest BCUT2D eigenvalue weighted by Crippen LogP contribution is -2.31. The second kappa shape index (κ2) is 4.07. The number of phenols is 1. The second-order valence-corrected chi connectivity index (χ2v) is 4.20. The van der Waals surface area contributed by atoms with Gasteiger partial charge in [-0.05, 0) is 29.8 Å². The minimum Gasteiger partial charge on any atom is -0.508 e. The van der Waals surface area contributed by atoms with Gasteiger partial charge in [-0.2, -0.15) is 0 Å². The Kier molecular flexibility index (Phi) is 2.41. The molecule has 1 aliphatic rings. The molecule has 18 heavy (non-hydrogen) atoms. The van der Waals surface area contributed by atoms with Gasteiger partial charge in [0, 0.05) is 0 Å². The number of phenolic OH excluding ortho intramolecular Hbond substituents is 1. The number of nitrogens with one attached hydrogen (secondary N) is 2. The summed E-state index contributed by atoms with van der Waals surface area (Å²) in [6.07, 6.45) is 0. The Morgan fingerprint density at radius 3 is 2.33 bits per heavy atom. The Bertz CT molecular complexity index is 593. The van der Waals surface area contributed by atoms with Crippen molar-refractivity contribution in [3.05, 3.63) is 54.1 Å². The topological polar surface area (TPSA) is 61.4 Å². The molecule has 3 rings (SSSR count). The predicted octanol–water partition coefficient (Wildman–Crippen LogP) is 2.50. The normalized spacial score (nSPS) is 17.6. The van der Waals surface area contributed by atoms with E-state index in [1.807, 2.05) is 24.3 Å². The van der Waals surface area contributed by atoms with Crippen LogP contribution < -0.4 is 10.6 Å². The summed E-state index contributed by atoms with van der Waals surface area (Å²) in [6, 6.07) is 13.8. The number of anilines is 2. The number of hydrogen-bond acceptors (Lipinski definition) is 3. The molecule has 2 aromatic rings. The molecule has 90 valence electrons. The molecule has 0 saturated carbocycles. The number of para-hydroxylation sites is 2. The third-order valence-electron chi connectivity index (χ3n) is 2.97. The van der Waals surface area contributed by atoms with Crippen LogP contribution in [0.2, 0.25) is 0 Å². The molecule has 0 spiro atoms. The van der Waals surface area contributed by atoms with E-state index in [1.54, 1.807) is 24.3 Å². The molecule has 1 atom stereocenters. The lowest BCUT2D eigenvalue weighted by atomic mass is 10.0. The van der Waals surface area contributed by atoms with Crippen LogP contribution in [0.25, 0.3) is 0 Å². The van der Waals surface area contributed by atoms with Gasteiger partial charge in [0.25, 0.3) is 5.91 Å². The van der Waals surface area contributed by atoms with Gasteiger partial charge < -0.3 is 15.7 Å². The highest BCUT2D eigenvalue weighted by Crippen LogP contribution is 2.32. The molecular weight excluding hydrogens is 228 g/mol. The Labute approximate surface area is 104 Å². The maximum absolute atomic E-state index is 12.0. The maximum atomic E-state index is 12.0. The van der Waals surface area contributed by atoms with Crippen molar-refractivity contribution < 1.29 is 9.90 Å². The van der Waals surface area contributed by atoms with Crippen LogP contribution in [0.5, 0.6) is 5.75 Å². The first-order valence-electron chi connectivity index (χ1n) is 5.69. The van der Waals surface area contributed by atoms with E-state index in [0.717, 1.165) is 16.9 Å². The summed E-state index contributed by atoms with van der Waals surface area (Å²) in [6.45, 7) is 0. The van der Waals surface area contributed by atoms with E-state index in [2.05, 4.69) is 10.6 Å². The molecule has 1 unspecified atom stereocenters. The first kappa shape index (κ1) is 10.7. The average Bonchev–Trinajstić information content (AvgIpc) is 2.39. The zero-order chi connectivity index (χ0) is 12.5. The van der Waals surface area contributed by atoms with Crippen molar-refractivity contribution in [1.29, 1.82) is 0 Å². The largest absolute Gasteiger partial charge is 0.508 e. The van der Waals surface area contributed by atoms with Gasteiger partial charge in [0.2, 0.25) is 0 Å². The van der Waals surface area contributed by atoms with Gasteiger partial charge >= 0.3 is 0 Å². The fourth-order valence-electron chi connectivity index (χ4n) is 2.05. The van der Waals surface area contributed by atoms with Crippen LogP contribution in [0.1, 0.15) is 11.6 Å². The minimum atomic E-state index is -0.430. The van der Waals surface area contributed by atoms with Gasteiger partial charge in [0.05, 0.1) is 11.4 Å². The quantitative estimate of drug-likeness (QED) is 0.717. The highest BCUT2D eigenvalue weighted by Gasteiger charge is 2.26. The third-order valence-corrected chi connectivity index (χ3v) is 2.97. The number of amides is 1. The van der Waals surface area contributed by atoms with E-state index in [4.69, 9.17) is 0 Å². The van der Waals surface area contributed by atoms with Gasteiger partial charge in [0.1, 0.15) is 11.8 Å². The smallest absolute Gasteiger partial charge is 0.251 e. The number of carbonyl (C=O) groups excluding carboxylic acids is 1. The molecule has 0 fully saturated rings. The summed E-state index contributed by atoms with van der Waals surface area (Å²) in [7, 11) is 0. The monoisotopic (exact) mass is 240 g/mol. The summed E-state index contributed by atoms with van der Waals surface area (Å²) in [5.41, 5.74) is 2.51. The summed E-state index contributed by atoms with van der Waals surface area (Å²) in [5.74, 6) is 0.0924. The van der Waals surface area contributed by atoms with Gasteiger partial charge in [-0.3, -0.25) is 4.79 Å². The van der Waals surface area contributed by atoms with Gasteiger partial charge in [-0.15, -0.1) is 0 Å². The average molecular weight is 240 g/mol. The van der Waals surface area contributed by atoms with E-state index in [9.17, 15) is 9.90 Å². The van der Waals surface area contributed by atoms with Crippen LogP contribution >= 0.6 is 0 Å². The van der Waals surface area contributed by atoms with Crippen LogP contribution in [0.3, 0.4) is 0 Å². The van der Waals surface area contributed by atoms with E-state index in [1.165, 1.54) is 0 Å². The number of benzene rings is 2. The number of fused-ring (bicyclic) bond motifs is 1. The lowest BCUT2D eigenvalue weighted by Gasteiger charge is -2.27. The third kappa shape index (κ3) is 1.78. The van der Waals surface area contributed by atoms with E-state index < -0.39 is 6.04 Å². The number of hydrogen-bond donors (Lipinski definition) is 3. The SMILES string of the molecule is O=C1Nc2ccccc2NC1c1ccc(O)cc1. The van der Waals surface area contributed by atoms with Crippen LogP contribution in [0.15, 0.2) is 48.5 Å². The van der Waals surface area contributed by atoms with E-state index >= 15 is 0 Å². The number of rotatable bonds is 1. The summed E-state index contributed by atoms with van der Waals surface area (Å²) in [5, 5.41) is 15.3. The molecule has 0 bridgehead atoms. The number of aromatic hydroxyl groups is 1. The lowest BCUT2D eigenvalue weighted by molar-refractivity contribution is -0.117. The van der Waals surface area contributed by atoms with E-state index in [0.29, 0.717) is 0 Å². The summed E-state index contributed by atoms with van der Waals surface area (Å²) in [4.78, 5) is 12.0. The fraction of sp³-hybridized carbons (Fsp3) is 0.0714. The molecular formula is C14H12N2O2. The zero-order valence-corrected chi connectivity index (χ0v) is 9.55. The van der Waals surface area contributed by atoms with Gasteiger partial charge in [-0.25, -0.2) is 0 Å². The molecule has 0 saturated heterocycles. The molecule has 1 amide bonds. The Hall–Kier alpha value is -2.49. The molecule has 2 aromatic carbocycles. The van der Waals surface area contributed by atoms with Crippen LogP contribution in [0.4, 0.5) is 11.4 Å². The van der Waals surface area contributed by atoms with Crippen molar-refractivity contribution in [3.8, 4) is 5.75 Å². The van der Waals surface area contributed by atoms with Crippen LogP contribution in [-0.4, -0.2) is 11.0 Å². The Balaban J connectivity index is 1.95. The number of carbonyl (C=O) groups is 1. The molecule has 0 aromatic heterocycles. The standard InChI is InChI=1S/C14H12N2O2/c17-10-7-5-9(6-8-10)13-14(18)16-12-4-2-1-3-11(12)15-13/h1-8,13,15,17H,(H,16,18). The van der Waals surface area contributed by atoms with Gasteiger partial charge in [0.15, 0.2) is 0 Å². The van der Waals surface area contributed by atoms with Crippen molar-refractivity contribution in [1.82, 2.24) is 0 Å². The summed E-state index contributed by atoms with van der Waals surface area (Å²) < 4.78 is 0. The van der Waals surface area contributed by atoms with Gasteiger partial charge in [-0.1, -0.05) is 24.3 Å². The van der Waals surface area contributed by atoms with Crippen molar-refractivity contribution in [2.75, 3.05) is 10.6 Å². The summed E-state index contributed by atoms with van der Waals surface area (Å²) >= 11 is 0. The molecule has 4 nitrogen and oxygen atoms in total. The fourth-order valence-corrected chi connectivity index (χ4v) is 2.05. The Morgan fingerprint density at radius 2 is 1.61 bits per heavy atom. The molecule has 3 N–H and O–H groups in total. The molecule has 4 heteroatoms. The van der Waals surface area contributed by atoms with Crippen LogP contribution in [0, 0.1) is 0 Å². The van der Waals surface area contributed by atoms with Crippen molar-refractivity contribution in [3.63, 3.8) is 0 Å². The highest BCUT2D eigenvalue weighted by atomic mass is 16.3. The second-order valence-electron chi connectivity index (χ2n) is 4.20. The first-order valence-corrected chi connectivity index (χ1v) is 5.69. The predicted molar refractivity (Wildman–Crippen MR) is 69.5 cm³/mol. The van der Waals surface area contributed by atoms with Crippen molar-refractivity contribution in [2.24, 2.45) is 0 Å². The first-order chi connectivity index (χ1) is 8.74. The Morgan fingerprint density at radius 1 is 0.944 bits per heavy atom. The molecule has 0 radical (unpaired) electrons. The van der Waals surface area contributed by atoms with Crippen molar-refractivity contribution in [2.45, 2.75) is 6.04 Å². The highest BCUT2D eigenvalue weighted by molar-refractivity contribution is 6.03. The van der Waals surface area contributed by atoms with Crippen LogP contribution in [-0.2, 0) is 4.79 Å². The zero-order valence-electron chi connectivity index (χ0n) is 9.55. The molecule has 1 aliphatic heterocycles. The minimum absolute atomic E-state index is 0.0978. The van der Waals surface area contributed by atoms with E-state index in [-0.39, 0.29) is 11.7 Å². The maximum Gasteiger partial charge on any atom is 0.251 e.